The van der Waals surface area contributed by atoms with E-state index in [1.165, 1.54) is 24.3 Å². The molecule has 0 heterocycles. The van der Waals surface area contributed by atoms with Crippen LogP contribution in [0.3, 0.4) is 0 Å². The number of carbonyl (C=O) groups excluding carboxylic acids is 1. The number of nitrogens with one attached hydrogen (secondary N) is 1. The van der Waals surface area contributed by atoms with E-state index in [1.807, 2.05) is 0 Å². The summed E-state index contributed by atoms with van der Waals surface area (Å²) in [5.74, 6) is -3.49. The Kier molecular flexibility index (Phi) is 3.66. The molecule has 0 aliphatic carbocycles. The van der Waals surface area contributed by atoms with E-state index in [9.17, 15) is 18.7 Å². The van der Waals surface area contributed by atoms with E-state index < -0.39 is 23.1 Å². The number of anilines is 1. The highest BCUT2D eigenvalue weighted by atomic mass is 35.5. The van der Waals surface area contributed by atoms with Gasteiger partial charge in [-0.1, -0.05) is 17.7 Å². The lowest BCUT2D eigenvalue weighted by molar-refractivity contribution is 0.102. The molecule has 0 radical (unpaired) electrons. The Bertz CT molecular complexity index is 647. The van der Waals surface area contributed by atoms with E-state index in [1.54, 1.807) is 0 Å². The molecule has 0 aromatic heterocycles. The summed E-state index contributed by atoms with van der Waals surface area (Å²) in [7, 11) is 0. The molecule has 2 rings (SSSR count). The van der Waals surface area contributed by atoms with Gasteiger partial charge in [0.15, 0.2) is 11.6 Å². The molecular weight excluding hydrogens is 276 g/mol. The summed E-state index contributed by atoms with van der Waals surface area (Å²) in [6.07, 6.45) is 0. The molecule has 0 aliphatic heterocycles. The maximum absolute atomic E-state index is 13.4. The molecule has 2 N–H and O–H groups in total. The second-order valence-electron chi connectivity index (χ2n) is 3.72. The topological polar surface area (TPSA) is 49.3 Å². The Labute approximate surface area is 112 Å². The first kappa shape index (κ1) is 13.3. The van der Waals surface area contributed by atoms with Crippen LogP contribution < -0.4 is 5.32 Å². The molecule has 0 aliphatic rings. The van der Waals surface area contributed by atoms with E-state index in [2.05, 4.69) is 5.32 Å². The summed E-state index contributed by atoms with van der Waals surface area (Å²) in [5, 5.41) is 12.1. The van der Waals surface area contributed by atoms with Gasteiger partial charge in [-0.15, -0.1) is 0 Å². The standard InChI is InChI=1S/C13H8ClF2NO2/c14-7-4-5-10(11(18)6-7)17-13(19)8-2-1-3-9(15)12(8)16/h1-6,18H,(H,17,19). The second-order valence-corrected chi connectivity index (χ2v) is 4.15. The molecule has 3 nitrogen and oxygen atoms in total. The normalized spacial score (nSPS) is 10.3. The molecule has 19 heavy (non-hydrogen) atoms. The van der Waals surface area contributed by atoms with E-state index in [-0.39, 0.29) is 16.5 Å². The number of benzene rings is 2. The number of hydrogen-bond acceptors (Lipinski definition) is 2. The van der Waals surface area contributed by atoms with Crippen molar-refractivity contribution in [2.75, 3.05) is 5.32 Å². The number of phenolic OH excluding ortho intramolecular Hbond substituents is 1. The number of hydrogen-bond donors (Lipinski definition) is 2. The average molecular weight is 284 g/mol. The van der Waals surface area contributed by atoms with Crippen LogP contribution in [0.15, 0.2) is 36.4 Å². The van der Waals surface area contributed by atoms with Crippen LogP contribution in [0.5, 0.6) is 5.75 Å². The Morgan fingerprint density at radius 1 is 1.21 bits per heavy atom. The highest BCUT2D eigenvalue weighted by molar-refractivity contribution is 6.30. The summed E-state index contributed by atoms with van der Waals surface area (Å²) in [6, 6.07) is 7.28. The Morgan fingerprint density at radius 3 is 2.63 bits per heavy atom. The molecule has 0 saturated heterocycles. The zero-order valence-electron chi connectivity index (χ0n) is 9.45. The molecule has 0 bridgehead atoms. The zero-order chi connectivity index (χ0) is 14.0. The average Bonchev–Trinajstić information content (AvgIpc) is 2.36. The van der Waals surface area contributed by atoms with Gasteiger partial charge in [-0.05, 0) is 24.3 Å². The van der Waals surface area contributed by atoms with Crippen molar-refractivity contribution >= 4 is 23.2 Å². The van der Waals surface area contributed by atoms with Crippen LogP contribution in [0.25, 0.3) is 0 Å². The molecule has 98 valence electrons. The van der Waals surface area contributed by atoms with Crippen LogP contribution in [-0.4, -0.2) is 11.0 Å². The van der Waals surface area contributed by atoms with Crippen molar-refractivity contribution in [3.8, 4) is 5.75 Å². The summed E-state index contributed by atoms with van der Waals surface area (Å²) in [6.45, 7) is 0. The minimum absolute atomic E-state index is 0.0538. The number of carbonyl (C=O) groups is 1. The number of aromatic hydroxyl groups is 1. The van der Waals surface area contributed by atoms with Crippen LogP contribution in [0.1, 0.15) is 10.4 Å². The van der Waals surface area contributed by atoms with Crippen LogP contribution in [0.2, 0.25) is 5.02 Å². The minimum atomic E-state index is -1.24. The summed E-state index contributed by atoms with van der Waals surface area (Å²) in [5.41, 5.74) is -0.396. The molecule has 6 heteroatoms. The lowest BCUT2D eigenvalue weighted by Gasteiger charge is -2.08. The van der Waals surface area contributed by atoms with E-state index in [4.69, 9.17) is 11.6 Å². The van der Waals surface area contributed by atoms with Gasteiger partial charge in [-0.3, -0.25) is 4.79 Å². The first-order valence-electron chi connectivity index (χ1n) is 5.23. The van der Waals surface area contributed by atoms with Gasteiger partial charge in [0.25, 0.3) is 5.91 Å². The Hall–Kier alpha value is -2.14. The maximum Gasteiger partial charge on any atom is 0.258 e. The highest BCUT2D eigenvalue weighted by Gasteiger charge is 2.16. The molecule has 1 amide bonds. The summed E-state index contributed by atoms with van der Waals surface area (Å²) >= 11 is 5.63. The van der Waals surface area contributed by atoms with Gasteiger partial charge in [0.1, 0.15) is 5.75 Å². The zero-order valence-corrected chi connectivity index (χ0v) is 10.2. The summed E-state index contributed by atoms with van der Waals surface area (Å²) < 4.78 is 26.4. The van der Waals surface area contributed by atoms with Crippen molar-refractivity contribution in [2.24, 2.45) is 0 Å². The van der Waals surface area contributed by atoms with Crippen LogP contribution >= 0.6 is 11.6 Å². The minimum Gasteiger partial charge on any atom is -0.506 e. The maximum atomic E-state index is 13.4. The predicted molar refractivity (Wildman–Crippen MR) is 67.4 cm³/mol. The van der Waals surface area contributed by atoms with Gasteiger partial charge in [0.05, 0.1) is 11.3 Å². The number of phenols is 1. The third-order valence-corrected chi connectivity index (χ3v) is 2.64. The number of halogens is 3. The van der Waals surface area contributed by atoms with E-state index in [0.29, 0.717) is 0 Å². The second kappa shape index (κ2) is 5.24. The number of amides is 1. The van der Waals surface area contributed by atoms with Crippen molar-refractivity contribution in [3.63, 3.8) is 0 Å². The van der Waals surface area contributed by atoms with Gasteiger partial charge in [0.2, 0.25) is 0 Å². The third kappa shape index (κ3) is 2.82. The van der Waals surface area contributed by atoms with Crippen LogP contribution in [0.4, 0.5) is 14.5 Å². The van der Waals surface area contributed by atoms with Crippen molar-refractivity contribution < 1.29 is 18.7 Å². The lowest BCUT2D eigenvalue weighted by atomic mass is 10.2. The first-order chi connectivity index (χ1) is 8.99. The SMILES string of the molecule is O=C(Nc1ccc(Cl)cc1O)c1cccc(F)c1F. The molecule has 2 aromatic rings. The van der Waals surface area contributed by atoms with Crippen LogP contribution in [-0.2, 0) is 0 Å². The van der Waals surface area contributed by atoms with E-state index in [0.717, 1.165) is 12.1 Å². The Balaban J connectivity index is 2.28. The Morgan fingerprint density at radius 2 is 1.95 bits per heavy atom. The smallest absolute Gasteiger partial charge is 0.258 e. The fraction of sp³-hybridized carbons (Fsp3) is 0. The van der Waals surface area contributed by atoms with Crippen molar-refractivity contribution in [2.45, 2.75) is 0 Å². The van der Waals surface area contributed by atoms with Crippen molar-refractivity contribution in [1.82, 2.24) is 0 Å². The van der Waals surface area contributed by atoms with Crippen molar-refractivity contribution in [3.05, 3.63) is 58.6 Å². The van der Waals surface area contributed by atoms with Crippen LogP contribution in [0, 0.1) is 11.6 Å². The summed E-state index contributed by atoms with van der Waals surface area (Å²) in [4.78, 5) is 11.8. The number of rotatable bonds is 2. The molecule has 0 spiro atoms. The fourth-order valence-corrected chi connectivity index (χ4v) is 1.65. The molecule has 0 fully saturated rings. The van der Waals surface area contributed by atoms with Crippen molar-refractivity contribution in [1.29, 1.82) is 0 Å². The highest BCUT2D eigenvalue weighted by Crippen LogP contribution is 2.27. The monoisotopic (exact) mass is 283 g/mol. The quantitative estimate of drug-likeness (QED) is 0.828. The van der Waals surface area contributed by atoms with Gasteiger partial charge in [-0.25, -0.2) is 8.78 Å². The largest absolute Gasteiger partial charge is 0.506 e. The third-order valence-electron chi connectivity index (χ3n) is 2.40. The molecule has 0 atom stereocenters. The fourth-order valence-electron chi connectivity index (χ4n) is 1.48. The predicted octanol–water partition coefficient (Wildman–Crippen LogP) is 3.58. The molecular formula is C13H8ClF2NO2. The van der Waals surface area contributed by atoms with E-state index >= 15 is 0 Å². The van der Waals surface area contributed by atoms with Gasteiger partial charge >= 0.3 is 0 Å². The van der Waals surface area contributed by atoms with Gasteiger partial charge in [-0.2, -0.15) is 0 Å². The molecule has 0 saturated carbocycles. The molecule has 2 aromatic carbocycles. The van der Waals surface area contributed by atoms with Gasteiger partial charge < -0.3 is 10.4 Å². The first-order valence-corrected chi connectivity index (χ1v) is 5.60. The van der Waals surface area contributed by atoms with Gasteiger partial charge in [0, 0.05) is 11.1 Å². The lowest BCUT2D eigenvalue weighted by Crippen LogP contribution is -2.14. The molecule has 0 unspecified atom stereocenters.